The summed E-state index contributed by atoms with van der Waals surface area (Å²) in [5, 5.41) is 4.22. The Morgan fingerprint density at radius 1 is 1.39 bits per heavy atom. The molecule has 23 heavy (non-hydrogen) atoms. The zero-order valence-corrected chi connectivity index (χ0v) is 13.7. The van der Waals surface area contributed by atoms with Gasteiger partial charge in [0.15, 0.2) is 6.10 Å². The Kier molecular flexibility index (Phi) is 4.79. The van der Waals surface area contributed by atoms with Crippen LogP contribution in [0.4, 0.5) is 0 Å². The number of hydrogen-bond donors (Lipinski definition) is 0. The van der Waals surface area contributed by atoms with E-state index < -0.39 is 0 Å². The van der Waals surface area contributed by atoms with Crippen molar-refractivity contribution in [3.05, 3.63) is 48.0 Å². The highest BCUT2D eigenvalue weighted by molar-refractivity contribution is 6.01. The average molecular weight is 312 g/mol. The minimum atomic E-state index is -0.0599. The van der Waals surface area contributed by atoms with Crippen LogP contribution < -0.4 is 0 Å². The minimum absolute atomic E-state index is 0.0599. The molecule has 2 aliphatic rings. The fourth-order valence-corrected chi connectivity index (χ4v) is 3.01. The molecule has 1 aliphatic heterocycles. The highest BCUT2D eigenvalue weighted by Gasteiger charge is 2.32. The van der Waals surface area contributed by atoms with Gasteiger partial charge in [-0.2, -0.15) is 0 Å². The molecule has 1 heterocycles. The maximum atomic E-state index is 12.5. The van der Waals surface area contributed by atoms with Crippen molar-refractivity contribution in [2.24, 2.45) is 11.1 Å². The Bertz CT molecular complexity index is 602. The van der Waals surface area contributed by atoms with Crippen LogP contribution in [0.3, 0.4) is 0 Å². The van der Waals surface area contributed by atoms with Gasteiger partial charge in [-0.05, 0) is 25.3 Å². The van der Waals surface area contributed by atoms with Crippen molar-refractivity contribution in [1.82, 2.24) is 4.90 Å². The van der Waals surface area contributed by atoms with Gasteiger partial charge in [-0.1, -0.05) is 47.5 Å². The van der Waals surface area contributed by atoms with Gasteiger partial charge in [-0.25, -0.2) is 0 Å². The molecule has 1 saturated carbocycles. The largest absolute Gasteiger partial charge is 0.390 e. The number of aryl methyl sites for hydroxylation is 1. The third kappa shape index (κ3) is 3.63. The molecule has 4 nitrogen and oxygen atoms in total. The summed E-state index contributed by atoms with van der Waals surface area (Å²) in [6.07, 6.45) is 5.67. The monoisotopic (exact) mass is 312 g/mol. The molecule has 1 fully saturated rings. The quantitative estimate of drug-likeness (QED) is 0.756. The lowest BCUT2D eigenvalue weighted by atomic mass is 9.84. The smallest absolute Gasteiger partial charge is 0.226 e. The molecule has 4 heteroatoms. The number of nitrogens with zero attached hydrogens (tertiary/aromatic N) is 2. The molecule has 0 aromatic heterocycles. The van der Waals surface area contributed by atoms with Crippen LogP contribution >= 0.6 is 0 Å². The molecule has 1 amide bonds. The second kappa shape index (κ2) is 6.99. The van der Waals surface area contributed by atoms with E-state index in [1.807, 2.05) is 4.90 Å². The number of hydrogen-bond acceptors (Lipinski definition) is 3. The number of oxime groups is 1. The molecular weight excluding hydrogens is 288 g/mol. The molecule has 3 rings (SSSR count). The maximum Gasteiger partial charge on any atom is 0.226 e. The topological polar surface area (TPSA) is 41.9 Å². The molecule has 1 aromatic carbocycles. The fraction of sp³-hybridized carbons (Fsp3) is 0.474. The van der Waals surface area contributed by atoms with E-state index in [1.165, 1.54) is 12.0 Å². The third-order valence-corrected chi connectivity index (χ3v) is 4.66. The first-order chi connectivity index (χ1) is 11.2. The molecule has 1 aromatic rings. The zero-order chi connectivity index (χ0) is 16.2. The van der Waals surface area contributed by atoms with Crippen molar-refractivity contribution in [2.75, 3.05) is 13.1 Å². The number of benzene rings is 1. The Morgan fingerprint density at radius 2 is 2.13 bits per heavy atom. The Morgan fingerprint density at radius 3 is 2.74 bits per heavy atom. The van der Waals surface area contributed by atoms with Gasteiger partial charge in [0.2, 0.25) is 5.91 Å². The number of amides is 1. The maximum absolute atomic E-state index is 12.5. The molecule has 1 atom stereocenters. The lowest BCUT2D eigenvalue weighted by molar-refractivity contribution is -0.139. The molecule has 0 N–H and O–H groups in total. The summed E-state index contributed by atoms with van der Waals surface area (Å²) in [6.45, 7) is 7.00. The predicted molar refractivity (Wildman–Crippen MR) is 91.3 cm³/mol. The van der Waals surface area contributed by atoms with Crippen LogP contribution in [-0.4, -0.2) is 35.7 Å². The molecule has 0 saturated heterocycles. The summed E-state index contributed by atoms with van der Waals surface area (Å²) in [5.74, 6) is 0.442. The minimum Gasteiger partial charge on any atom is -0.390 e. The summed E-state index contributed by atoms with van der Waals surface area (Å²) in [4.78, 5) is 19.9. The van der Waals surface area contributed by atoms with Crippen molar-refractivity contribution < 1.29 is 9.63 Å². The molecular formula is C19H24N2O2. The SMILES string of the molecule is C=CCN(C[C@@H]1CC(c2ccc(C)cc2)=NO1)C(=O)C1CCC1. The van der Waals surface area contributed by atoms with Gasteiger partial charge in [0.05, 0.1) is 12.3 Å². The average Bonchev–Trinajstić information content (AvgIpc) is 2.94. The summed E-state index contributed by atoms with van der Waals surface area (Å²) in [6, 6.07) is 8.30. The van der Waals surface area contributed by atoms with Crippen molar-refractivity contribution >= 4 is 11.6 Å². The molecule has 0 radical (unpaired) electrons. The second-order valence-electron chi connectivity index (χ2n) is 6.50. The van der Waals surface area contributed by atoms with Crippen LogP contribution in [-0.2, 0) is 9.63 Å². The van der Waals surface area contributed by atoms with Crippen LogP contribution in [0.1, 0.15) is 36.8 Å². The van der Waals surface area contributed by atoms with E-state index in [0.29, 0.717) is 13.1 Å². The first kappa shape index (κ1) is 15.8. The third-order valence-electron chi connectivity index (χ3n) is 4.66. The number of carbonyl (C=O) groups excluding carboxylic acids is 1. The summed E-state index contributed by atoms with van der Waals surface area (Å²) in [5.41, 5.74) is 3.29. The van der Waals surface area contributed by atoms with Crippen LogP contribution in [0.15, 0.2) is 42.1 Å². The van der Waals surface area contributed by atoms with E-state index in [9.17, 15) is 4.79 Å². The van der Waals surface area contributed by atoms with Crippen molar-refractivity contribution in [1.29, 1.82) is 0 Å². The van der Waals surface area contributed by atoms with E-state index in [0.717, 1.165) is 30.5 Å². The molecule has 0 spiro atoms. The number of carbonyl (C=O) groups is 1. The van der Waals surface area contributed by atoms with Gasteiger partial charge in [0.25, 0.3) is 0 Å². The zero-order valence-electron chi connectivity index (χ0n) is 13.7. The number of rotatable bonds is 6. The lowest BCUT2D eigenvalue weighted by Gasteiger charge is -2.32. The Balaban J connectivity index is 1.59. The van der Waals surface area contributed by atoms with E-state index in [-0.39, 0.29) is 17.9 Å². The van der Waals surface area contributed by atoms with Crippen LogP contribution in [0.5, 0.6) is 0 Å². The summed E-state index contributed by atoms with van der Waals surface area (Å²) < 4.78 is 0. The summed E-state index contributed by atoms with van der Waals surface area (Å²) >= 11 is 0. The highest BCUT2D eigenvalue weighted by Crippen LogP contribution is 2.29. The van der Waals surface area contributed by atoms with Crippen molar-refractivity contribution in [3.8, 4) is 0 Å². The van der Waals surface area contributed by atoms with E-state index >= 15 is 0 Å². The predicted octanol–water partition coefficient (Wildman–Crippen LogP) is 3.30. The lowest BCUT2D eigenvalue weighted by Crippen LogP contribution is -2.43. The van der Waals surface area contributed by atoms with Gasteiger partial charge in [0.1, 0.15) is 0 Å². The van der Waals surface area contributed by atoms with Gasteiger partial charge in [-0.15, -0.1) is 6.58 Å². The first-order valence-electron chi connectivity index (χ1n) is 8.37. The van der Waals surface area contributed by atoms with Crippen molar-refractivity contribution in [3.63, 3.8) is 0 Å². The van der Waals surface area contributed by atoms with Crippen LogP contribution in [0.2, 0.25) is 0 Å². The molecule has 122 valence electrons. The van der Waals surface area contributed by atoms with Gasteiger partial charge >= 0.3 is 0 Å². The summed E-state index contributed by atoms with van der Waals surface area (Å²) in [7, 11) is 0. The second-order valence-corrected chi connectivity index (χ2v) is 6.50. The van der Waals surface area contributed by atoms with Gasteiger partial charge in [0, 0.05) is 18.9 Å². The molecule has 1 aliphatic carbocycles. The van der Waals surface area contributed by atoms with Gasteiger partial charge in [-0.3, -0.25) is 4.79 Å². The Hall–Kier alpha value is -2.10. The normalized spacial score (nSPS) is 20.4. The van der Waals surface area contributed by atoms with Crippen LogP contribution in [0, 0.1) is 12.8 Å². The van der Waals surface area contributed by atoms with E-state index in [4.69, 9.17) is 4.84 Å². The van der Waals surface area contributed by atoms with Crippen molar-refractivity contribution in [2.45, 2.75) is 38.7 Å². The fourth-order valence-electron chi connectivity index (χ4n) is 3.01. The van der Waals surface area contributed by atoms with Crippen LogP contribution in [0.25, 0.3) is 0 Å². The van der Waals surface area contributed by atoms with E-state index in [2.05, 4.69) is 42.9 Å². The molecule has 0 unspecified atom stereocenters. The standard InChI is InChI=1S/C19H24N2O2/c1-3-11-21(19(22)16-5-4-6-16)13-17-12-18(20-23-17)15-9-7-14(2)8-10-15/h3,7-10,16-17H,1,4-6,11-13H2,2H3/t17-/m0/s1. The Labute approximate surface area is 137 Å². The molecule has 0 bridgehead atoms. The first-order valence-corrected chi connectivity index (χ1v) is 8.37. The van der Waals surface area contributed by atoms with Gasteiger partial charge < -0.3 is 9.74 Å². The van der Waals surface area contributed by atoms with E-state index in [1.54, 1.807) is 6.08 Å². The highest BCUT2D eigenvalue weighted by atomic mass is 16.6.